The molecule has 1 N–H and O–H groups in total. The average molecular weight is 414 g/mol. The molecule has 29 heavy (non-hydrogen) atoms. The van der Waals surface area contributed by atoms with Gasteiger partial charge in [-0.1, -0.05) is 29.7 Å². The molecule has 4 rings (SSSR count). The van der Waals surface area contributed by atoms with Crippen molar-refractivity contribution in [2.45, 2.75) is 58.0 Å². The van der Waals surface area contributed by atoms with Crippen LogP contribution in [-0.2, 0) is 24.3 Å². The van der Waals surface area contributed by atoms with E-state index in [1.807, 2.05) is 6.07 Å². The number of carbonyl (C=O) groups is 1. The van der Waals surface area contributed by atoms with Crippen LogP contribution in [0, 0.1) is 5.92 Å². The summed E-state index contributed by atoms with van der Waals surface area (Å²) in [5.74, 6) is 0.332. The molecule has 1 atom stereocenters. The van der Waals surface area contributed by atoms with Gasteiger partial charge in [-0.15, -0.1) is 0 Å². The molecule has 0 spiro atoms. The molecular formula is C24H32ClN3O. The van der Waals surface area contributed by atoms with Crippen LogP contribution >= 0.6 is 11.6 Å². The number of nitrogens with zero attached hydrogens (tertiary/aromatic N) is 2. The van der Waals surface area contributed by atoms with Gasteiger partial charge in [0.2, 0.25) is 5.91 Å². The highest BCUT2D eigenvalue weighted by atomic mass is 35.5. The number of nitrogens with one attached hydrogen (secondary N) is 1. The summed E-state index contributed by atoms with van der Waals surface area (Å²) in [5.41, 5.74) is 5.61. The third-order valence-electron chi connectivity index (χ3n) is 6.52. The standard InChI is InChI=1S/C24H32ClN3O/c1-26-24(29)13-18(12-17-6-4-3-5-7-17)15-28-22-9-8-19(25)14-21(22)20-10-11-27(2)16-23(20)28/h8-9,12,14,18H,3-7,10-11,13,15-16H2,1-2H3,(H,26,29). The Balaban J connectivity index is 1.73. The summed E-state index contributed by atoms with van der Waals surface area (Å²) in [7, 11) is 3.92. The first-order chi connectivity index (χ1) is 14.0. The Labute approximate surface area is 178 Å². The fourth-order valence-electron chi connectivity index (χ4n) is 5.01. The molecule has 1 saturated carbocycles. The normalized spacial score (nSPS) is 18.5. The van der Waals surface area contributed by atoms with Crippen LogP contribution in [0.25, 0.3) is 10.9 Å². The number of fused-ring (bicyclic) bond motifs is 3. The highest BCUT2D eigenvalue weighted by Crippen LogP contribution is 2.34. The van der Waals surface area contributed by atoms with Crippen molar-refractivity contribution >= 4 is 28.4 Å². The number of likely N-dealkylation sites (N-methyl/N-ethyl adjacent to an activating group) is 1. The van der Waals surface area contributed by atoms with Crippen molar-refractivity contribution in [2.75, 3.05) is 20.6 Å². The summed E-state index contributed by atoms with van der Waals surface area (Å²) in [6.07, 6.45) is 10.3. The van der Waals surface area contributed by atoms with Gasteiger partial charge in [0.1, 0.15) is 0 Å². The SMILES string of the molecule is CNC(=O)CC(C=C1CCCCC1)Cn1c2c(c3cc(Cl)ccc31)CCN(C)C2. The first-order valence-corrected chi connectivity index (χ1v) is 11.3. The number of hydrogen-bond donors (Lipinski definition) is 1. The number of benzene rings is 1. The van der Waals surface area contributed by atoms with Gasteiger partial charge in [-0.25, -0.2) is 0 Å². The Morgan fingerprint density at radius 2 is 2.03 bits per heavy atom. The predicted molar refractivity (Wildman–Crippen MR) is 120 cm³/mol. The van der Waals surface area contributed by atoms with Crippen LogP contribution in [0.15, 0.2) is 29.8 Å². The lowest BCUT2D eigenvalue weighted by Crippen LogP contribution is -2.29. The van der Waals surface area contributed by atoms with Crippen molar-refractivity contribution < 1.29 is 4.79 Å². The lowest BCUT2D eigenvalue weighted by atomic mass is 9.90. The Kier molecular flexibility index (Phi) is 6.31. The van der Waals surface area contributed by atoms with E-state index in [0.29, 0.717) is 6.42 Å². The molecule has 1 aromatic carbocycles. The van der Waals surface area contributed by atoms with Crippen molar-refractivity contribution in [2.24, 2.45) is 5.92 Å². The molecule has 5 heteroatoms. The highest BCUT2D eigenvalue weighted by molar-refractivity contribution is 6.31. The van der Waals surface area contributed by atoms with E-state index in [4.69, 9.17) is 11.6 Å². The van der Waals surface area contributed by atoms with Gasteiger partial charge < -0.3 is 14.8 Å². The highest BCUT2D eigenvalue weighted by Gasteiger charge is 2.24. The zero-order valence-electron chi connectivity index (χ0n) is 17.6. The van der Waals surface area contributed by atoms with Crippen LogP contribution in [0.2, 0.25) is 5.02 Å². The van der Waals surface area contributed by atoms with E-state index in [2.05, 4.69) is 40.0 Å². The molecule has 1 aromatic heterocycles. The van der Waals surface area contributed by atoms with E-state index in [1.165, 1.54) is 59.8 Å². The van der Waals surface area contributed by atoms with Crippen LogP contribution in [0.1, 0.15) is 49.8 Å². The first-order valence-electron chi connectivity index (χ1n) is 10.9. The van der Waals surface area contributed by atoms with E-state index < -0.39 is 0 Å². The van der Waals surface area contributed by atoms with Crippen molar-refractivity contribution in [3.8, 4) is 0 Å². The minimum absolute atomic E-state index is 0.119. The third-order valence-corrected chi connectivity index (χ3v) is 6.76. The maximum atomic E-state index is 12.3. The van der Waals surface area contributed by atoms with Gasteiger partial charge in [-0.2, -0.15) is 0 Å². The second kappa shape index (κ2) is 8.93. The van der Waals surface area contributed by atoms with Crippen LogP contribution in [-0.4, -0.2) is 36.0 Å². The second-order valence-electron chi connectivity index (χ2n) is 8.71. The van der Waals surface area contributed by atoms with Crippen molar-refractivity contribution in [3.05, 3.63) is 46.1 Å². The molecule has 2 aliphatic rings. The Morgan fingerprint density at radius 3 is 2.79 bits per heavy atom. The van der Waals surface area contributed by atoms with E-state index in [1.54, 1.807) is 7.05 Å². The number of rotatable bonds is 5. The molecule has 0 saturated heterocycles. The van der Waals surface area contributed by atoms with Crippen LogP contribution in [0.3, 0.4) is 0 Å². The van der Waals surface area contributed by atoms with Crippen LogP contribution in [0.4, 0.5) is 0 Å². The van der Waals surface area contributed by atoms with Gasteiger partial charge in [-0.3, -0.25) is 4.79 Å². The van der Waals surface area contributed by atoms with Crippen LogP contribution in [0.5, 0.6) is 0 Å². The fourth-order valence-corrected chi connectivity index (χ4v) is 5.18. The second-order valence-corrected chi connectivity index (χ2v) is 9.14. The Morgan fingerprint density at radius 1 is 1.24 bits per heavy atom. The molecule has 1 fully saturated rings. The fraction of sp³-hybridized carbons (Fsp3) is 0.542. The number of aromatic nitrogens is 1. The number of carbonyl (C=O) groups excluding carboxylic acids is 1. The molecular weight excluding hydrogens is 382 g/mol. The summed E-state index contributed by atoms with van der Waals surface area (Å²) >= 11 is 6.34. The third kappa shape index (κ3) is 4.54. The molecule has 1 aliphatic heterocycles. The zero-order valence-corrected chi connectivity index (χ0v) is 18.4. The summed E-state index contributed by atoms with van der Waals surface area (Å²) in [6, 6.07) is 6.26. The first kappa shape index (κ1) is 20.5. The van der Waals surface area contributed by atoms with Gasteiger partial charge in [0.05, 0.1) is 0 Å². The van der Waals surface area contributed by atoms with E-state index >= 15 is 0 Å². The van der Waals surface area contributed by atoms with Gasteiger partial charge in [0.15, 0.2) is 0 Å². The molecule has 2 aromatic rings. The molecule has 1 aliphatic carbocycles. The van der Waals surface area contributed by atoms with Gasteiger partial charge in [0, 0.05) is 60.6 Å². The summed E-state index contributed by atoms with van der Waals surface area (Å²) in [6.45, 7) is 2.87. The molecule has 1 amide bonds. The van der Waals surface area contributed by atoms with Gasteiger partial charge >= 0.3 is 0 Å². The van der Waals surface area contributed by atoms with Crippen molar-refractivity contribution in [1.29, 1.82) is 0 Å². The summed E-state index contributed by atoms with van der Waals surface area (Å²) in [5, 5.41) is 4.90. The van der Waals surface area contributed by atoms with Gasteiger partial charge in [0.25, 0.3) is 0 Å². The largest absolute Gasteiger partial charge is 0.359 e. The molecule has 4 nitrogen and oxygen atoms in total. The molecule has 0 bridgehead atoms. The summed E-state index contributed by atoms with van der Waals surface area (Å²) in [4.78, 5) is 14.6. The minimum Gasteiger partial charge on any atom is -0.359 e. The van der Waals surface area contributed by atoms with Crippen molar-refractivity contribution in [3.63, 3.8) is 0 Å². The number of allylic oxidation sites excluding steroid dienone is 2. The number of amides is 1. The monoisotopic (exact) mass is 413 g/mol. The lowest BCUT2D eigenvalue weighted by Gasteiger charge is -2.26. The Bertz CT molecular complexity index is 922. The minimum atomic E-state index is 0.119. The quantitative estimate of drug-likeness (QED) is 0.706. The molecule has 156 valence electrons. The number of halogens is 1. The van der Waals surface area contributed by atoms with Gasteiger partial charge in [-0.05, 0) is 62.9 Å². The predicted octanol–water partition coefficient (Wildman–Crippen LogP) is 4.93. The van der Waals surface area contributed by atoms with E-state index in [0.717, 1.165) is 31.1 Å². The van der Waals surface area contributed by atoms with E-state index in [9.17, 15) is 4.79 Å². The average Bonchev–Trinajstić information content (AvgIpc) is 3.00. The van der Waals surface area contributed by atoms with Crippen LogP contribution < -0.4 is 5.32 Å². The Hall–Kier alpha value is -1.78. The van der Waals surface area contributed by atoms with E-state index in [-0.39, 0.29) is 11.8 Å². The van der Waals surface area contributed by atoms with Crippen molar-refractivity contribution in [1.82, 2.24) is 14.8 Å². The molecule has 1 unspecified atom stereocenters. The lowest BCUT2D eigenvalue weighted by molar-refractivity contribution is -0.121. The molecule has 2 heterocycles. The maximum absolute atomic E-state index is 12.3. The zero-order chi connectivity index (χ0) is 20.4. The smallest absolute Gasteiger partial charge is 0.220 e. The molecule has 0 radical (unpaired) electrons. The maximum Gasteiger partial charge on any atom is 0.220 e. The number of hydrogen-bond acceptors (Lipinski definition) is 2. The summed E-state index contributed by atoms with van der Waals surface area (Å²) < 4.78 is 2.46. The topological polar surface area (TPSA) is 37.3 Å².